The van der Waals surface area contributed by atoms with Gasteiger partial charge in [-0.05, 0) is 61.9 Å². The van der Waals surface area contributed by atoms with E-state index in [0.29, 0.717) is 73.4 Å². The number of carbonyl (C=O) groups excluding carboxylic acids is 3. The van der Waals surface area contributed by atoms with Crippen LogP contribution < -0.4 is 15.1 Å². The van der Waals surface area contributed by atoms with Crippen LogP contribution in [0.3, 0.4) is 0 Å². The van der Waals surface area contributed by atoms with Crippen molar-refractivity contribution < 1.29 is 23.5 Å². The van der Waals surface area contributed by atoms with Gasteiger partial charge in [-0.25, -0.2) is 28.2 Å². The second kappa shape index (κ2) is 12.5. The summed E-state index contributed by atoms with van der Waals surface area (Å²) in [6.07, 6.45) is 11.7. The van der Waals surface area contributed by atoms with Gasteiger partial charge in [0.25, 0.3) is 5.91 Å². The van der Waals surface area contributed by atoms with E-state index < -0.39 is 17.2 Å². The van der Waals surface area contributed by atoms with Gasteiger partial charge in [0.05, 0.1) is 35.1 Å². The first-order valence-electron chi connectivity index (χ1n) is 15.7. The molecule has 2 amide bonds. The Morgan fingerprint density at radius 3 is 2.60 bits per heavy atom. The van der Waals surface area contributed by atoms with Crippen LogP contribution in [0.1, 0.15) is 58.4 Å². The predicted molar refractivity (Wildman–Crippen MR) is 175 cm³/mol. The van der Waals surface area contributed by atoms with Crippen molar-refractivity contribution in [2.45, 2.75) is 44.6 Å². The van der Waals surface area contributed by atoms with Crippen LogP contribution in [0.15, 0.2) is 55.2 Å². The van der Waals surface area contributed by atoms with Gasteiger partial charge >= 0.3 is 5.97 Å². The van der Waals surface area contributed by atoms with Crippen molar-refractivity contribution in [1.29, 1.82) is 0 Å². The fourth-order valence-corrected chi connectivity index (χ4v) is 6.86. The maximum absolute atomic E-state index is 13.6. The first kappa shape index (κ1) is 31.5. The highest BCUT2D eigenvalue weighted by atomic mass is 35.5. The van der Waals surface area contributed by atoms with E-state index in [4.69, 9.17) is 16.3 Å². The SMILES string of the molecule is CN(C)c1ccn2ncc(C(=O)OCCc3cnc4c(C(=O)NC5CCC6(CC5)CCN(c5ccc(F)cc5Cl)C6=O)cnn4c3)c2n1. The van der Waals surface area contributed by atoms with Crippen LogP contribution in [-0.4, -0.2) is 80.3 Å². The van der Waals surface area contributed by atoms with Crippen LogP contribution in [0.5, 0.6) is 0 Å². The van der Waals surface area contributed by atoms with Crippen LogP contribution in [0.25, 0.3) is 11.3 Å². The molecule has 1 N–H and O–H groups in total. The predicted octanol–water partition coefficient (Wildman–Crippen LogP) is 4.13. The first-order valence-corrected chi connectivity index (χ1v) is 16.1. The Bertz CT molecular complexity index is 2050. The highest BCUT2D eigenvalue weighted by molar-refractivity contribution is 6.34. The van der Waals surface area contributed by atoms with E-state index in [2.05, 4.69) is 25.5 Å². The number of halogens is 2. The molecule has 5 heterocycles. The Hall–Kier alpha value is -5.11. The molecule has 13 nitrogen and oxygen atoms in total. The van der Waals surface area contributed by atoms with Crippen molar-refractivity contribution in [2.24, 2.45) is 5.41 Å². The maximum Gasteiger partial charge on any atom is 0.343 e. The lowest BCUT2D eigenvalue weighted by Crippen LogP contribution is -2.43. The van der Waals surface area contributed by atoms with Gasteiger partial charge in [-0.3, -0.25) is 9.59 Å². The Morgan fingerprint density at radius 1 is 1.06 bits per heavy atom. The Labute approximate surface area is 279 Å². The number of fused-ring (bicyclic) bond motifs is 2. The molecule has 1 saturated carbocycles. The molecule has 1 spiro atoms. The number of benzene rings is 1. The summed E-state index contributed by atoms with van der Waals surface area (Å²) in [6.45, 7) is 0.628. The van der Waals surface area contributed by atoms with Crippen molar-refractivity contribution in [3.63, 3.8) is 0 Å². The van der Waals surface area contributed by atoms with Crippen molar-refractivity contribution in [2.75, 3.05) is 37.0 Å². The highest BCUT2D eigenvalue weighted by Gasteiger charge is 2.49. The fraction of sp³-hybridized carbons (Fsp3) is 0.364. The molecular formula is C33H33ClFN9O4. The summed E-state index contributed by atoms with van der Waals surface area (Å²) in [4.78, 5) is 52.0. The third kappa shape index (κ3) is 5.80. The molecule has 0 unspecified atom stereocenters. The van der Waals surface area contributed by atoms with E-state index in [9.17, 15) is 18.8 Å². The second-order valence-corrected chi connectivity index (χ2v) is 12.9. The number of amides is 2. The minimum atomic E-state index is -0.527. The molecule has 1 saturated heterocycles. The summed E-state index contributed by atoms with van der Waals surface area (Å²) in [6, 6.07) is 5.78. The second-order valence-electron chi connectivity index (χ2n) is 12.5. The van der Waals surface area contributed by atoms with Gasteiger partial charge in [-0.1, -0.05) is 11.6 Å². The van der Waals surface area contributed by atoms with Crippen LogP contribution >= 0.6 is 11.6 Å². The molecule has 48 heavy (non-hydrogen) atoms. The zero-order valence-corrected chi connectivity index (χ0v) is 27.2. The van der Waals surface area contributed by atoms with Crippen molar-refractivity contribution in [1.82, 2.24) is 34.5 Å². The molecule has 15 heteroatoms. The van der Waals surface area contributed by atoms with Crippen LogP contribution in [0.4, 0.5) is 15.9 Å². The monoisotopic (exact) mass is 673 g/mol. The van der Waals surface area contributed by atoms with Gasteiger partial charge in [0.2, 0.25) is 5.91 Å². The van der Waals surface area contributed by atoms with Crippen molar-refractivity contribution >= 4 is 52.2 Å². The zero-order chi connectivity index (χ0) is 33.6. The van der Waals surface area contributed by atoms with Crippen molar-refractivity contribution in [3.05, 3.63) is 82.8 Å². The number of nitrogens with zero attached hydrogens (tertiary/aromatic N) is 8. The highest BCUT2D eigenvalue weighted by Crippen LogP contribution is 2.47. The number of aromatic nitrogens is 6. The van der Waals surface area contributed by atoms with Gasteiger partial charge in [0.1, 0.15) is 22.8 Å². The number of carbonyl (C=O) groups is 3. The number of esters is 1. The molecule has 7 rings (SSSR count). The summed E-state index contributed by atoms with van der Waals surface area (Å²) in [5.41, 5.74) is 2.24. The van der Waals surface area contributed by atoms with E-state index >= 15 is 0 Å². The quantitative estimate of drug-likeness (QED) is 0.241. The Kier molecular flexibility index (Phi) is 8.19. The van der Waals surface area contributed by atoms with Gasteiger partial charge in [-0.15, -0.1) is 0 Å². The van der Waals surface area contributed by atoms with Crippen LogP contribution in [0.2, 0.25) is 5.02 Å². The molecule has 1 aromatic carbocycles. The van der Waals surface area contributed by atoms with E-state index in [-0.39, 0.29) is 35.0 Å². The van der Waals surface area contributed by atoms with Gasteiger partial charge in [-0.2, -0.15) is 10.2 Å². The zero-order valence-electron chi connectivity index (χ0n) is 26.4. The minimum Gasteiger partial charge on any atom is -0.462 e. The molecule has 1 aliphatic heterocycles. The van der Waals surface area contributed by atoms with Crippen LogP contribution in [0, 0.1) is 11.2 Å². The normalized spacial score (nSPS) is 19.4. The minimum absolute atomic E-state index is 0.00394. The lowest BCUT2D eigenvalue weighted by atomic mass is 9.71. The summed E-state index contributed by atoms with van der Waals surface area (Å²) in [5, 5.41) is 11.8. The molecular weight excluding hydrogens is 641 g/mol. The third-order valence-corrected chi connectivity index (χ3v) is 9.60. The Morgan fingerprint density at radius 2 is 1.83 bits per heavy atom. The molecule has 1 aliphatic carbocycles. The number of anilines is 2. The number of hydrogen-bond acceptors (Lipinski definition) is 9. The van der Waals surface area contributed by atoms with E-state index in [1.165, 1.54) is 33.6 Å². The summed E-state index contributed by atoms with van der Waals surface area (Å²) < 4.78 is 22.1. The molecule has 0 bridgehead atoms. The largest absolute Gasteiger partial charge is 0.462 e. The molecule has 4 aromatic heterocycles. The summed E-state index contributed by atoms with van der Waals surface area (Å²) in [7, 11) is 3.73. The smallest absolute Gasteiger partial charge is 0.343 e. The van der Waals surface area contributed by atoms with E-state index in [1.807, 2.05) is 19.0 Å². The number of hydrogen-bond donors (Lipinski definition) is 1. The topological polar surface area (TPSA) is 139 Å². The molecule has 0 atom stereocenters. The fourth-order valence-electron chi connectivity index (χ4n) is 6.59. The van der Waals surface area contributed by atoms with Gasteiger partial charge < -0.3 is 19.9 Å². The van der Waals surface area contributed by atoms with Gasteiger partial charge in [0.15, 0.2) is 11.3 Å². The summed E-state index contributed by atoms with van der Waals surface area (Å²) >= 11 is 6.24. The average Bonchev–Trinajstić information content (AvgIpc) is 3.78. The number of ether oxygens (including phenoxy) is 1. The molecule has 0 radical (unpaired) electrons. The molecule has 248 valence electrons. The van der Waals surface area contributed by atoms with E-state index in [0.717, 1.165) is 5.56 Å². The Balaban J connectivity index is 0.932. The van der Waals surface area contributed by atoms with Crippen LogP contribution in [-0.2, 0) is 16.0 Å². The van der Waals surface area contributed by atoms with E-state index in [1.54, 1.807) is 35.6 Å². The third-order valence-electron chi connectivity index (χ3n) is 9.30. The van der Waals surface area contributed by atoms with Crippen molar-refractivity contribution in [3.8, 4) is 0 Å². The summed E-state index contributed by atoms with van der Waals surface area (Å²) in [5.74, 6) is -0.555. The maximum atomic E-state index is 13.6. The van der Waals surface area contributed by atoms with Gasteiger partial charge in [0, 0.05) is 51.7 Å². The molecule has 2 fully saturated rings. The lowest BCUT2D eigenvalue weighted by molar-refractivity contribution is -0.127. The average molecular weight is 674 g/mol. The lowest BCUT2D eigenvalue weighted by Gasteiger charge is -2.36. The standard InChI is InChI=1S/C33H33ClFN9O4/c1-41(2)27-7-12-43-29(40-27)24(18-37-43)31(46)48-14-8-20-16-36-28-23(17-38-44(28)19-20)30(45)39-22-5-9-33(10-6-22)11-13-42(32(33)47)26-4-3-21(35)15-25(26)34/h3-4,7,12,15-19,22H,5-6,8-11,13-14H2,1-2H3,(H,39,45). The molecule has 2 aliphatic rings. The first-order chi connectivity index (χ1) is 23.1. The molecule has 5 aromatic rings. The number of nitrogens with one attached hydrogen (secondary N) is 1. The number of rotatable bonds is 8.